The minimum atomic E-state index is -0.882. The van der Waals surface area contributed by atoms with Gasteiger partial charge in [0.2, 0.25) is 5.91 Å². The Hall–Kier alpha value is -2.70. The molecule has 41 heavy (non-hydrogen) atoms. The molecule has 0 radical (unpaired) electrons. The van der Waals surface area contributed by atoms with Crippen LogP contribution in [0.25, 0.3) is 0 Å². The van der Waals surface area contributed by atoms with Crippen LogP contribution in [-0.4, -0.2) is 46.4 Å². The molecule has 1 heterocycles. The summed E-state index contributed by atoms with van der Waals surface area (Å²) in [7, 11) is 0. The molecular formula is C35H53NO5. The van der Waals surface area contributed by atoms with Gasteiger partial charge in [0.25, 0.3) is 0 Å². The van der Waals surface area contributed by atoms with Crippen LogP contribution in [0.4, 0.5) is 0 Å². The Morgan fingerprint density at radius 3 is 1.95 bits per heavy atom. The second kappa shape index (κ2) is 16.1. The predicted octanol–water partition coefficient (Wildman–Crippen LogP) is 6.18. The number of ether oxygens (including phenoxy) is 1. The second-order valence-corrected chi connectivity index (χ2v) is 12.5. The first-order valence-electron chi connectivity index (χ1n) is 15.2. The van der Waals surface area contributed by atoms with E-state index in [1.54, 1.807) is 13.0 Å². The normalized spacial score (nSPS) is 34.4. The molecule has 228 valence electrons. The minimum Gasteiger partial charge on any atom is -0.460 e. The number of cyclic esters (lactones) is 1. The fourth-order valence-electron chi connectivity index (χ4n) is 5.81. The first-order valence-corrected chi connectivity index (χ1v) is 15.2. The van der Waals surface area contributed by atoms with Crippen LogP contribution in [-0.2, 0) is 20.7 Å². The Morgan fingerprint density at radius 2 is 1.39 bits per heavy atom. The molecule has 0 saturated heterocycles. The van der Waals surface area contributed by atoms with Gasteiger partial charge in [-0.15, -0.1) is 0 Å². The molecule has 6 nitrogen and oxygen atoms in total. The molecule has 1 aromatic rings. The maximum Gasteiger partial charge on any atom is 0.329 e. The van der Waals surface area contributed by atoms with E-state index in [1.165, 1.54) is 0 Å². The molecule has 9 atom stereocenters. The summed E-state index contributed by atoms with van der Waals surface area (Å²) >= 11 is 0. The molecule has 1 amide bonds. The Balaban J connectivity index is 2.59. The zero-order valence-electron chi connectivity index (χ0n) is 26.6. The van der Waals surface area contributed by atoms with Gasteiger partial charge in [-0.2, -0.15) is 0 Å². The van der Waals surface area contributed by atoms with E-state index in [0.717, 1.165) is 29.6 Å². The van der Waals surface area contributed by atoms with Crippen LogP contribution >= 0.6 is 0 Å². The van der Waals surface area contributed by atoms with Crippen molar-refractivity contribution in [3.05, 3.63) is 70.8 Å². The number of nitrogens with one attached hydrogen (secondary N) is 1. The molecule has 0 unspecified atom stereocenters. The number of hydrogen-bond acceptors (Lipinski definition) is 5. The van der Waals surface area contributed by atoms with Crippen LogP contribution in [0.15, 0.2) is 65.3 Å². The second-order valence-electron chi connectivity index (χ2n) is 12.5. The maximum atomic E-state index is 13.8. The van der Waals surface area contributed by atoms with E-state index in [9.17, 15) is 19.8 Å². The van der Waals surface area contributed by atoms with Crippen molar-refractivity contribution in [2.75, 3.05) is 0 Å². The Morgan fingerprint density at radius 1 is 0.854 bits per heavy atom. The quantitative estimate of drug-likeness (QED) is 0.282. The van der Waals surface area contributed by atoms with Crippen molar-refractivity contribution in [2.45, 2.75) is 106 Å². The highest BCUT2D eigenvalue weighted by atomic mass is 16.5. The Labute approximate surface area is 248 Å². The number of hydrogen-bond donors (Lipinski definition) is 3. The van der Waals surface area contributed by atoms with Gasteiger partial charge in [0.1, 0.15) is 12.1 Å². The Kier molecular flexibility index (Phi) is 13.5. The molecule has 0 fully saturated rings. The number of aliphatic hydroxyl groups is 2. The summed E-state index contributed by atoms with van der Waals surface area (Å²) in [4.78, 5) is 27.1. The van der Waals surface area contributed by atoms with Crippen molar-refractivity contribution in [3.63, 3.8) is 0 Å². The van der Waals surface area contributed by atoms with Gasteiger partial charge in [0, 0.05) is 29.7 Å². The number of aliphatic hydroxyl groups excluding tert-OH is 2. The van der Waals surface area contributed by atoms with Gasteiger partial charge in [0.05, 0.1) is 12.2 Å². The largest absolute Gasteiger partial charge is 0.460 e. The molecule has 3 N–H and O–H groups in total. The van der Waals surface area contributed by atoms with Crippen LogP contribution < -0.4 is 5.32 Å². The van der Waals surface area contributed by atoms with Crippen LogP contribution in [0.1, 0.15) is 80.7 Å². The van der Waals surface area contributed by atoms with E-state index in [1.807, 2.05) is 77.1 Å². The molecule has 2 rings (SSSR count). The van der Waals surface area contributed by atoms with Crippen molar-refractivity contribution < 1.29 is 24.5 Å². The monoisotopic (exact) mass is 567 g/mol. The number of amides is 1. The fourth-order valence-corrected chi connectivity index (χ4v) is 5.81. The van der Waals surface area contributed by atoms with Gasteiger partial charge in [-0.25, -0.2) is 4.79 Å². The Bertz CT molecular complexity index is 1090. The first kappa shape index (κ1) is 34.5. The molecule has 1 aliphatic heterocycles. The number of carbonyl (C=O) groups excluding carboxylic acids is 2. The molecule has 0 spiro atoms. The SMILES string of the molecule is CC[C@H](C)C[C@H](C)[C@H]1OC(=O)[C@H](Cc2ccccc2)NC(=O)/C(C)=C/[C@H](C)[C@@H](O)/C(C)=C/[C@H](C)[C@H](O)/C(C)=C\[C@@H]1C. The van der Waals surface area contributed by atoms with Crippen molar-refractivity contribution >= 4 is 11.9 Å². The highest BCUT2D eigenvalue weighted by molar-refractivity contribution is 5.95. The summed E-state index contributed by atoms with van der Waals surface area (Å²) in [6.45, 7) is 17.7. The first-order chi connectivity index (χ1) is 19.2. The zero-order chi connectivity index (χ0) is 30.9. The van der Waals surface area contributed by atoms with Crippen molar-refractivity contribution in [3.8, 4) is 0 Å². The average molecular weight is 568 g/mol. The van der Waals surface area contributed by atoms with Gasteiger partial charge in [-0.1, -0.05) is 96.5 Å². The third-order valence-corrected chi connectivity index (χ3v) is 8.53. The van der Waals surface area contributed by atoms with E-state index < -0.39 is 30.3 Å². The lowest BCUT2D eigenvalue weighted by Gasteiger charge is -2.32. The van der Waals surface area contributed by atoms with E-state index in [4.69, 9.17) is 4.74 Å². The molecule has 0 bridgehead atoms. The minimum absolute atomic E-state index is 0.0671. The van der Waals surface area contributed by atoms with Crippen molar-refractivity contribution in [2.24, 2.45) is 29.6 Å². The number of rotatable bonds is 6. The van der Waals surface area contributed by atoms with Gasteiger partial charge >= 0.3 is 5.97 Å². The smallest absolute Gasteiger partial charge is 0.329 e. The standard InChI is InChI=1S/C35H53NO5/c1-10-21(2)16-26(7)33-27(8)18-24(5)31(37)22(3)17-23(4)32(38)25(6)19-28(9)34(39)36-30(35(40)41-33)20-29-14-12-11-13-15-29/h11-15,17-19,21-22,25-27,30-33,37-38H,10,16,20H2,1-9H3,(H,36,39)/b23-17+,24-18-,28-19+/t21-,22-,25-,26-,27-,30-,31-,32-,33+/m0/s1. The summed E-state index contributed by atoms with van der Waals surface area (Å²) in [5.74, 6) is -1.07. The number of carbonyl (C=O) groups is 2. The summed E-state index contributed by atoms with van der Waals surface area (Å²) in [5, 5.41) is 25.1. The van der Waals surface area contributed by atoms with E-state index in [-0.39, 0.29) is 29.6 Å². The molecule has 0 aliphatic carbocycles. The maximum absolute atomic E-state index is 13.8. The van der Waals surface area contributed by atoms with Crippen molar-refractivity contribution in [1.82, 2.24) is 5.32 Å². The molecule has 0 aromatic heterocycles. The lowest BCUT2D eigenvalue weighted by molar-refractivity contribution is -0.157. The lowest BCUT2D eigenvalue weighted by Crippen LogP contribution is -2.46. The summed E-state index contributed by atoms with van der Waals surface area (Å²) in [6.07, 6.45) is 5.84. The third-order valence-electron chi connectivity index (χ3n) is 8.53. The molecule has 0 saturated carbocycles. The van der Waals surface area contributed by atoms with Crippen LogP contribution in [0.5, 0.6) is 0 Å². The van der Waals surface area contributed by atoms with E-state index in [0.29, 0.717) is 17.9 Å². The number of benzene rings is 1. The highest BCUT2D eigenvalue weighted by Crippen LogP contribution is 2.29. The lowest BCUT2D eigenvalue weighted by atomic mass is 9.84. The zero-order valence-corrected chi connectivity index (χ0v) is 26.6. The molecule has 1 aliphatic rings. The van der Waals surface area contributed by atoms with Crippen LogP contribution in [0, 0.1) is 29.6 Å². The van der Waals surface area contributed by atoms with Gasteiger partial charge in [-0.05, 0) is 55.7 Å². The third kappa shape index (κ3) is 10.3. The summed E-state index contributed by atoms with van der Waals surface area (Å²) in [5.41, 5.74) is 2.86. The van der Waals surface area contributed by atoms with E-state index in [2.05, 4.69) is 26.1 Å². The molecular weight excluding hydrogens is 514 g/mol. The van der Waals surface area contributed by atoms with E-state index >= 15 is 0 Å². The molecule has 6 heteroatoms. The van der Waals surface area contributed by atoms with Gasteiger partial charge < -0.3 is 20.3 Å². The number of esters is 1. The summed E-state index contributed by atoms with van der Waals surface area (Å²) in [6, 6.07) is 8.70. The summed E-state index contributed by atoms with van der Waals surface area (Å²) < 4.78 is 6.28. The van der Waals surface area contributed by atoms with Crippen LogP contribution in [0.3, 0.4) is 0 Å². The predicted molar refractivity (Wildman–Crippen MR) is 166 cm³/mol. The average Bonchev–Trinajstić information content (AvgIpc) is 2.93. The highest BCUT2D eigenvalue weighted by Gasteiger charge is 2.32. The van der Waals surface area contributed by atoms with Crippen LogP contribution in [0.2, 0.25) is 0 Å². The topological polar surface area (TPSA) is 95.9 Å². The van der Waals surface area contributed by atoms with Crippen molar-refractivity contribution in [1.29, 1.82) is 0 Å². The van der Waals surface area contributed by atoms with Gasteiger partial charge in [0.15, 0.2) is 0 Å². The molecule has 1 aromatic carbocycles. The fraction of sp³-hybridized carbons (Fsp3) is 0.600. The van der Waals surface area contributed by atoms with Gasteiger partial charge in [-0.3, -0.25) is 4.79 Å².